The largest absolute Gasteiger partial charge is 0.481 e. The molecule has 0 aromatic rings. The number of carboxylic acid groups (broad SMARTS) is 1. The summed E-state index contributed by atoms with van der Waals surface area (Å²) < 4.78 is 0. The molecule has 0 aromatic heterocycles. The first kappa shape index (κ1) is 15.3. The van der Waals surface area contributed by atoms with Gasteiger partial charge in [-0.25, -0.2) is 0 Å². The zero-order valence-corrected chi connectivity index (χ0v) is 12.5. The molecule has 2 aliphatic heterocycles. The number of rotatable bonds is 3. The first-order valence-electron chi connectivity index (χ1n) is 7.66. The van der Waals surface area contributed by atoms with E-state index in [1.165, 1.54) is 0 Å². The highest BCUT2D eigenvalue weighted by atomic mass is 16.4. The van der Waals surface area contributed by atoms with Gasteiger partial charge < -0.3 is 15.3 Å². The molecule has 2 saturated heterocycles. The minimum atomic E-state index is -0.767. The van der Waals surface area contributed by atoms with Crippen LogP contribution in [0.2, 0.25) is 0 Å². The molecule has 1 unspecified atom stereocenters. The summed E-state index contributed by atoms with van der Waals surface area (Å²) in [5.74, 6) is -0.427. The molecule has 2 N–H and O–H groups in total. The molecule has 2 aliphatic rings. The molecule has 2 atom stereocenters. The van der Waals surface area contributed by atoms with Gasteiger partial charge in [0.25, 0.3) is 0 Å². The molecule has 5 nitrogen and oxygen atoms in total. The standard InChI is InChI=1S/C15H26N2O3/c1-15(2,14(19)20)12-6-4-8-17(10-12)13(18)11-5-3-7-16-9-11/h11-12,16H,3-10H2,1-2H3,(H,19,20)/t11-,12?/m0/s1. The second-order valence-corrected chi connectivity index (χ2v) is 6.69. The maximum atomic E-state index is 12.5. The SMILES string of the molecule is CC(C)(C(=O)O)C1CCCN(C(=O)[C@H]2CCCNC2)C1. The predicted octanol–water partition coefficient (Wildman–Crippen LogP) is 1.34. The van der Waals surface area contributed by atoms with E-state index in [-0.39, 0.29) is 17.7 Å². The molecule has 0 aliphatic carbocycles. The number of carbonyl (C=O) groups excluding carboxylic acids is 1. The summed E-state index contributed by atoms with van der Waals surface area (Å²) in [7, 11) is 0. The first-order chi connectivity index (χ1) is 9.43. The Morgan fingerprint density at radius 1 is 1.25 bits per heavy atom. The van der Waals surface area contributed by atoms with Gasteiger partial charge in [0.2, 0.25) is 5.91 Å². The quantitative estimate of drug-likeness (QED) is 0.819. The summed E-state index contributed by atoms with van der Waals surface area (Å²) in [4.78, 5) is 25.8. The fourth-order valence-electron chi connectivity index (χ4n) is 3.26. The van der Waals surface area contributed by atoms with E-state index in [0.717, 1.165) is 45.3 Å². The van der Waals surface area contributed by atoms with E-state index in [1.54, 1.807) is 13.8 Å². The minimum absolute atomic E-state index is 0.0502. The molecule has 0 bridgehead atoms. The molecular formula is C15H26N2O3. The Bertz CT molecular complexity index is 375. The van der Waals surface area contributed by atoms with Gasteiger partial charge in [-0.2, -0.15) is 0 Å². The molecule has 0 aromatic carbocycles. The molecule has 2 heterocycles. The summed E-state index contributed by atoms with van der Waals surface area (Å²) in [5.41, 5.74) is -0.760. The third-order valence-electron chi connectivity index (χ3n) is 4.95. The van der Waals surface area contributed by atoms with Gasteiger partial charge >= 0.3 is 5.97 Å². The normalized spacial score (nSPS) is 28.2. The number of hydrogen-bond acceptors (Lipinski definition) is 3. The Hall–Kier alpha value is -1.10. The van der Waals surface area contributed by atoms with Crippen molar-refractivity contribution in [2.45, 2.75) is 39.5 Å². The third-order valence-corrected chi connectivity index (χ3v) is 4.95. The van der Waals surface area contributed by atoms with Crippen LogP contribution < -0.4 is 5.32 Å². The van der Waals surface area contributed by atoms with Crippen LogP contribution >= 0.6 is 0 Å². The molecule has 2 fully saturated rings. The molecule has 1 amide bonds. The highest BCUT2D eigenvalue weighted by Gasteiger charge is 2.40. The monoisotopic (exact) mass is 282 g/mol. The lowest BCUT2D eigenvalue weighted by molar-refractivity contribution is -0.153. The minimum Gasteiger partial charge on any atom is -0.481 e. The van der Waals surface area contributed by atoms with E-state index in [4.69, 9.17) is 0 Å². The van der Waals surface area contributed by atoms with Gasteiger partial charge in [-0.3, -0.25) is 9.59 Å². The summed E-state index contributed by atoms with van der Waals surface area (Å²) in [6, 6.07) is 0. The van der Waals surface area contributed by atoms with Crippen LogP contribution in [-0.4, -0.2) is 48.1 Å². The second kappa shape index (κ2) is 6.12. The highest BCUT2D eigenvalue weighted by molar-refractivity contribution is 5.79. The predicted molar refractivity (Wildman–Crippen MR) is 76.3 cm³/mol. The van der Waals surface area contributed by atoms with Gasteiger partial charge in [0.15, 0.2) is 0 Å². The van der Waals surface area contributed by atoms with E-state index in [2.05, 4.69) is 5.32 Å². The number of aliphatic carboxylic acids is 1. The number of piperidine rings is 2. The van der Waals surface area contributed by atoms with Crippen molar-refractivity contribution in [3.05, 3.63) is 0 Å². The Morgan fingerprint density at radius 2 is 2.00 bits per heavy atom. The van der Waals surface area contributed by atoms with Crippen molar-refractivity contribution in [1.29, 1.82) is 0 Å². The molecule has 0 saturated carbocycles. The molecule has 2 rings (SSSR count). The Balaban J connectivity index is 1.99. The average molecular weight is 282 g/mol. The maximum Gasteiger partial charge on any atom is 0.309 e. The van der Waals surface area contributed by atoms with Gasteiger partial charge in [0.1, 0.15) is 0 Å². The lowest BCUT2D eigenvalue weighted by Gasteiger charge is -2.40. The Kier molecular flexibility index (Phi) is 4.68. The van der Waals surface area contributed by atoms with E-state index in [0.29, 0.717) is 6.54 Å². The van der Waals surface area contributed by atoms with Crippen LogP contribution in [0.1, 0.15) is 39.5 Å². The van der Waals surface area contributed by atoms with Crippen molar-refractivity contribution >= 4 is 11.9 Å². The lowest BCUT2D eigenvalue weighted by atomic mass is 9.74. The molecule has 114 valence electrons. The van der Waals surface area contributed by atoms with E-state index >= 15 is 0 Å². The summed E-state index contributed by atoms with van der Waals surface area (Å²) in [6.45, 7) is 6.68. The van der Waals surface area contributed by atoms with Crippen LogP contribution in [0.3, 0.4) is 0 Å². The average Bonchev–Trinajstić information content (AvgIpc) is 2.47. The summed E-state index contributed by atoms with van der Waals surface area (Å²) in [5, 5.41) is 12.6. The van der Waals surface area contributed by atoms with Gasteiger partial charge in [0.05, 0.1) is 11.3 Å². The van der Waals surface area contributed by atoms with Crippen LogP contribution in [-0.2, 0) is 9.59 Å². The first-order valence-corrected chi connectivity index (χ1v) is 7.66. The van der Waals surface area contributed by atoms with Crippen LogP contribution in [0.15, 0.2) is 0 Å². The smallest absolute Gasteiger partial charge is 0.309 e. The summed E-state index contributed by atoms with van der Waals surface area (Å²) >= 11 is 0. The second-order valence-electron chi connectivity index (χ2n) is 6.69. The zero-order valence-electron chi connectivity index (χ0n) is 12.5. The van der Waals surface area contributed by atoms with Crippen molar-refractivity contribution in [1.82, 2.24) is 10.2 Å². The van der Waals surface area contributed by atoms with Gasteiger partial charge in [-0.15, -0.1) is 0 Å². The number of likely N-dealkylation sites (tertiary alicyclic amines) is 1. The number of hydrogen-bond donors (Lipinski definition) is 2. The fourth-order valence-corrected chi connectivity index (χ4v) is 3.26. The van der Waals surface area contributed by atoms with Crippen LogP contribution in [0.4, 0.5) is 0 Å². The zero-order chi connectivity index (χ0) is 14.8. The van der Waals surface area contributed by atoms with Crippen molar-refractivity contribution in [2.24, 2.45) is 17.3 Å². The van der Waals surface area contributed by atoms with Crippen LogP contribution in [0, 0.1) is 17.3 Å². The van der Waals surface area contributed by atoms with Gasteiger partial charge in [0, 0.05) is 19.6 Å². The molecule has 5 heteroatoms. The number of nitrogens with one attached hydrogen (secondary N) is 1. The number of nitrogens with zero attached hydrogens (tertiary/aromatic N) is 1. The van der Waals surface area contributed by atoms with E-state index in [9.17, 15) is 14.7 Å². The van der Waals surface area contributed by atoms with E-state index in [1.807, 2.05) is 4.90 Å². The highest BCUT2D eigenvalue weighted by Crippen LogP contribution is 2.34. The van der Waals surface area contributed by atoms with Crippen molar-refractivity contribution in [3.63, 3.8) is 0 Å². The van der Waals surface area contributed by atoms with E-state index < -0.39 is 11.4 Å². The van der Waals surface area contributed by atoms with Gasteiger partial charge in [-0.05, 0) is 52.0 Å². The molecule has 20 heavy (non-hydrogen) atoms. The van der Waals surface area contributed by atoms with Crippen molar-refractivity contribution in [2.75, 3.05) is 26.2 Å². The van der Waals surface area contributed by atoms with Crippen molar-refractivity contribution < 1.29 is 14.7 Å². The van der Waals surface area contributed by atoms with Gasteiger partial charge in [-0.1, -0.05) is 0 Å². The lowest BCUT2D eigenvalue weighted by Crippen LogP contribution is -2.50. The molecule has 0 spiro atoms. The topological polar surface area (TPSA) is 69.6 Å². The molecule has 0 radical (unpaired) electrons. The third kappa shape index (κ3) is 3.14. The van der Waals surface area contributed by atoms with Crippen molar-refractivity contribution in [3.8, 4) is 0 Å². The number of amides is 1. The number of carboxylic acids is 1. The molecular weight excluding hydrogens is 256 g/mol. The number of carbonyl (C=O) groups is 2. The Labute approximate surface area is 120 Å². The van der Waals surface area contributed by atoms with Crippen LogP contribution in [0.25, 0.3) is 0 Å². The fraction of sp³-hybridized carbons (Fsp3) is 0.867. The van der Waals surface area contributed by atoms with Crippen LogP contribution in [0.5, 0.6) is 0 Å². The maximum absolute atomic E-state index is 12.5. The summed E-state index contributed by atoms with van der Waals surface area (Å²) in [6.07, 6.45) is 3.81. The Morgan fingerprint density at radius 3 is 2.60 bits per heavy atom.